The maximum Gasteiger partial charge on any atom is 0.135 e. The molecule has 0 saturated heterocycles. The van der Waals surface area contributed by atoms with Gasteiger partial charge in [-0.1, -0.05) is 13.8 Å². The molecule has 0 bridgehead atoms. The van der Waals surface area contributed by atoms with E-state index in [1.807, 2.05) is 0 Å². The average Bonchev–Trinajstić information content (AvgIpc) is 3.44. The highest BCUT2D eigenvalue weighted by Gasteiger charge is 2.24. The Morgan fingerprint density at radius 1 is 1.14 bits per heavy atom. The van der Waals surface area contributed by atoms with Crippen molar-refractivity contribution in [3.63, 3.8) is 0 Å². The highest BCUT2D eigenvalue weighted by molar-refractivity contribution is 5.86. The van der Waals surface area contributed by atoms with Gasteiger partial charge in [-0.15, -0.1) is 0 Å². The van der Waals surface area contributed by atoms with Gasteiger partial charge >= 0.3 is 0 Å². The average molecular weight is 393 g/mol. The number of hydrogen-bond donors (Lipinski definition) is 1. The molecular formula is C24H32N4O. The maximum atomic E-state index is 5.37. The summed E-state index contributed by atoms with van der Waals surface area (Å²) in [7, 11) is 1.75. The van der Waals surface area contributed by atoms with Crippen LogP contribution in [-0.2, 0) is 4.74 Å². The summed E-state index contributed by atoms with van der Waals surface area (Å²) in [6, 6.07) is 7.40. The van der Waals surface area contributed by atoms with Crippen molar-refractivity contribution in [2.24, 2.45) is 0 Å². The first kappa shape index (κ1) is 19.9. The molecule has 0 unspecified atom stereocenters. The maximum absolute atomic E-state index is 5.37. The molecule has 5 nitrogen and oxygen atoms in total. The van der Waals surface area contributed by atoms with Crippen molar-refractivity contribution in [3.8, 4) is 11.3 Å². The Bertz CT molecular complexity index is 1030. The third-order valence-electron chi connectivity index (χ3n) is 5.74. The third kappa shape index (κ3) is 3.88. The molecule has 0 radical (unpaired) electrons. The van der Waals surface area contributed by atoms with Gasteiger partial charge in [0.15, 0.2) is 0 Å². The zero-order chi connectivity index (χ0) is 20.7. The summed E-state index contributed by atoms with van der Waals surface area (Å²) >= 11 is 0. The molecule has 0 aliphatic heterocycles. The number of methoxy groups -OCH3 is 1. The van der Waals surface area contributed by atoms with E-state index in [0.29, 0.717) is 18.6 Å². The smallest absolute Gasteiger partial charge is 0.135 e. The fourth-order valence-electron chi connectivity index (χ4n) is 3.90. The minimum Gasteiger partial charge on any atom is -0.383 e. The van der Waals surface area contributed by atoms with Crippen LogP contribution in [0.5, 0.6) is 0 Å². The fourth-order valence-corrected chi connectivity index (χ4v) is 3.90. The monoisotopic (exact) mass is 392 g/mol. The molecule has 1 saturated carbocycles. The van der Waals surface area contributed by atoms with Gasteiger partial charge in [-0.05, 0) is 68.9 Å². The van der Waals surface area contributed by atoms with Crippen molar-refractivity contribution in [1.82, 2.24) is 14.5 Å². The van der Waals surface area contributed by atoms with Crippen LogP contribution in [0.1, 0.15) is 62.4 Å². The molecule has 29 heavy (non-hydrogen) atoms. The Kier molecular flexibility index (Phi) is 5.34. The number of rotatable bonds is 7. The van der Waals surface area contributed by atoms with Crippen molar-refractivity contribution in [3.05, 3.63) is 41.2 Å². The molecule has 0 spiro atoms. The van der Waals surface area contributed by atoms with Gasteiger partial charge in [-0.25, -0.2) is 9.97 Å². The Labute approximate surface area is 173 Å². The van der Waals surface area contributed by atoms with E-state index < -0.39 is 0 Å². The van der Waals surface area contributed by atoms with E-state index >= 15 is 0 Å². The molecule has 3 heterocycles. The van der Waals surface area contributed by atoms with Crippen LogP contribution in [0.4, 0.5) is 5.82 Å². The molecule has 1 aliphatic carbocycles. The van der Waals surface area contributed by atoms with E-state index in [1.165, 1.54) is 24.0 Å². The van der Waals surface area contributed by atoms with Gasteiger partial charge in [-0.3, -0.25) is 0 Å². The quantitative estimate of drug-likeness (QED) is 0.567. The van der Waals surface area contributed by atoms with Crippen LogP contribution in [0, 0.1) is 13.8 Å². The van der Waals surface area contributed by atoms with Crippen LogP contribution in [0.2, 0.25) is 0 Å². The van der Waals surface area contributed by atoms with Crippen LogP contribution in [0.15, 0.2) is 24.4 Å². The van der Waals surface area contributed by atoms with Crippen molar-refractivity contribution < 1.29 is 4.74 Å². The summed E-state index contributed by atoms with van der Waals surface area (Å²) in [5.41, 5.74) is 7.80. The molecule has 154 valence electrons. The van der Waals surface area contributed by atoms with E-state index in [-0.39, 0.29) is 6.04 Å². The largest absolute Gasteiger partial charge is 0.383 e. The summed E-state index contributed by atoms with van der Waals surface area (Å²) in [5, 5.41) is 3.64. The molecule has 4 rings (SSSR count). The number of pyridine rings is 2. The van der Waals surface area contributed by atoms with Crippen molar-refractivity contribution in [2.75, 3.05) is 19.0 Å². The predicted molar refractivity (Wildman–Crippen MR) is 120 cm³/mol. The van der Waals surface area contributed by atoms with Gasteiger partial charge in [-0.2, -0.15) is 0 Å². The third-order valence-corrected chi connectivity index (χ3v) is 5.74. The van der Waals surface area contributed by atoms with Gasteiger partial charge in [0.05, 0.1) is 29.4 Å². The molecule has 3 aromatic heterocycles. The van der Waals surface area contributed by atoms with Crippen LogP contribution < -0.4 is 5.32 Å². The van der Waals surface area contributed by atoms with Gasteiger partial charge < -0.3 is 14.6 Å². The lowest BCUT2D eigenvalue weighted by molar-refractivity contribution is 0.164. The summed E-state index contributed by atoms with van der Waals surface area (Å²) in [6.45, 7) is 11.5. The second-order valence-electron chi connectivity index (χ2n) is 8.75. The molecule has 1 N–H and O–H groups in total. The number of ether oxygens (including phenoxy) is 1. The molecule has 5 heteroatoms. The van der Waals surface area contributed by atoms with E-state index in [2.05, 4.69) is 68.9 Å². The number of nitrogens with zero attached hydrogens (tertiary/aromatic N) is 3. The lowest BCUT2D eigenvalue weighted by atomic mass is 10.0. The number of hydrogen-bond acceptors (Lipinski definition) is 4. The van der Waals surface area contributed by atoms with Crippen LogP contribution >= 0.6 is 0 Å². The topological polar surface area (TPSA) is 52.0 Å². The number of aromatic nitrogens is 3. The first-order valence-corrected chi connectivity index (χ1v) is 10.6. The van der Waals surface area contributed by atoms with Crippen LogP contribution in [0.3, 0.4) is 0 Å². The lowest BCUT2D eigenvalue weighted by Crippen LogP contribution is -2.10. The minimum atomic E-state index is 0.266. The number of fused-ring (bicyclic) bond motifs is 1. The second-order valence-corrected chi connectivity index (χ2v) is 8.75. The van der Waals surface area contributed by atoms with Crippen molar-refractivity contribution in [2.45, 2.75) is 65.5 Å². The van der Waals surface area contributed by atoms with Gasteiger partial charge in [0.25, 0.3) is 0 Å². The first-order chi connectivity index (χ1) is 13.9. The number of nitrogens with one attached hydrogen (secondary N) is 1. The Balaban J connectivity index is 1.84. The zero-order valence-electron chi connectivity index (χ0n) is 18.4. The summed E-state index contributed by atoms with van der Waals surface area (Å²) in [5.74, 6) is 1.37. The van der Waals surface area contributed by atoms with Crippen LogP contribution in [0.25, 0.3) is 22.3 Å². The molecule has 0 aromatic carbocycles. The Hall–Kier alpha value is -2.40. The summed E-state index contributed by atoms with van der Waals surface area (Å²) in [6.07, 6.45) is 4.63. The van der Waals surface area contributed by atoms with Crippen LogP contribution in [-0.4, -0.2) is 34.3 Å². The van der Waals surface area contributed by atoms with Crippen molar-refractivity contribution in [1.29, 1.82) is 0 Å². The van der Waals surface area contributed by atoms with Crippen molar-refractivity contribution >= 4 is 16.9 Å². The SMILES string of the molecule is COC[C@H](C)n1cc(C)c2nc(-c3ccc(C(C)C)nc3NC3CC3)c(C)cc21. The Morgan fingerprint density at radius 3 is 2.55 bits per heavy atom. The predicted octanol–water partition coefficient (Wildman–Crippen LogP) is 5.62. The minimum absolute atomic E-state index is 0.266. The first-order valence-electron chi connectivity index (χ1n) is 10.6. The lowest BCUT2D eigenvalue weighted by Gasteiger charge is -2.17. The van der Waals surface area contributed by atoms with Gasteiger partial charge in [0.2, 0.25) is 0 Å². The highest BCUT2D eigenvalue weighted by atomic mass is 16.5. The highest BCUT2D eigenvalue weighted by Crippen LogP contribution is 2.35. The molecule has 1 aliphatic rings. The molecule has 1 fully saturated rings. The fraction of sp³-hybridized carbons (Fsp3) is 0.500. The number of anilines is 1. The Morgan fingerprint density at radius 2 is 1.90 bits per heavy atom. The van der Waals surface area contributed by atoms with E-state index in [0.717, 1.165) is 33.8 Å². The molecule has 3 aromatic rings. The summed E-state index contributed by atoms with van der Waals surface area (Å²) in [4.78, 5) is 10.1. The molecule has 0 amide bonds. The summed E-state index contributed by atoms with van der Waals surface area (Å²) < 4.78 is 7.65. The van der Waals surface area contributed by atoms with Gasteiger partial charge in [0.1, 0.15) is 5.82 Å². The second kappa shape index (κ2) is 7.79. The molecular weight excluding hydrogens is 360 g/mol. The van der Waals surface area contributed by atoms with E-state index in [9.17, 15) is 0 Å². The standard InChI is InChI=1S/C24H32N4O/c1-14(2)20-10-9-19(24(26-20)25-18-7-8-18)22-15(3)11-21-23(27-22)16(4)12-28(21)17(5)13-29-6/h9-12,14,17-18H,7-8,13H2,1-6H3,(H,25,26)/t17-/m0/s1. The zero-order valence-corrected chi connectivity index (χ0v) is 18.4. The van der Waals surface area contributed by atoms with E-state index in [1.54, 1.807) is 7.11 Å². The van der Waals surface area contributed by atoms with Gasteiger partial charge in [0, 0.05) is 30.6 Å². The van der Waals surface area contributed by atoms with E-state index in [4.69, 9.17) is 14.7 Å². The molecule has 1 atom stereocenters. The number of aryl methyl sites for hydroxylation is 2. The normalized spacial score (nSPS) is 15.3.